The van der Waals surface area contributed by atoms with E-state index in [4.69, 9.17) is 5.26 Å². The summed E-state index contributed by atoms with van der Waals surface area (Å²) in [4.78, 5) is 4.16. The van der Waals surface area contributed by atoms with Crippen molar-refractivity contribution in [2.45, 2.75) is 26.7 Å². The molecule has 0 heterocycles. The predicted octanol–water partition coefficient (Wildman–Crippen LogP) is 2.80. The quantitative estimate of drug-likeness (QED) is 0.552. The first kappa shape index (κ1) is 9.07. The van der Waals surface area contributed by atoms with E-state index < -0.39 is 0 Å². The summed E-state index contributed by atoms with van der Waals surface area (Å²) in [7, 11) is 0. The third-order valence-electron chi connectivity index (χ3n) is 1.95. The van der Waals surface area contributed by atoms with Gasteiger partial charge in [-0.25, -0.2) is 5.26 Å². The minimum atomic E-state index is 0.518. The monoisotopic (exact) mass is 166 g/mol. The molecule has 66 valence electrons. The second-order valence-corrected chi connectivity index (χ2v) is 2.93. The second-order valence-electron chi connectivity index (χ2n) is 2.93. The molecule has 2 heteroatoms. The van der Waals surface area contributed by atoms with Gasteiger partial charge in [0.05, 0.1) is 0 Å². The Morgan fingerprint density at radius 3 is 2.75 bits per heavy atom. The molecule has 0 aromatic heterocycles. The van der Waals surface area contributed by atoms with Crippen LogP contribution in [-0.4, -0.2) is 5.26 Å². The molecule has 0 unspecified atom stereocenters. The minimum absolute atomic E-state index is 0.518. The van der Waals surface area contributed by atoms with Crippen molar-refractivity contribution >= 4 is 0 Å². The molecule has 1 aromatic rings. The normalized spacial score (nSPS) is 9.92. The van der Waals surface area contributed by atoms with Crippen molar-refractivity contribution < 1.29 is 10.1 Å². The van der Waals surface area contributed by atoms with Crippen LogP contribution in [0.25, 0.3) is 0 Å². The Bertz CT molecular complexity index is 256. The summed E-state index contributed by atoms with van der Waals surface area (Å²) in [6.45, 7) is 4.19. The largest absolute Gasteiger partial charge is 0.340 e. The van der Waals surface area contributed by atoms with E-state index >= 15 is 0 Å². The molecule has 0 bridgehead atoms. The van der Waals surface area contributed by atoms with Gasteiger partial charge < -0.3 is 4.89 Å². The highest BCUT2D eigenvalue weighted by atomic mass is 17.1. The molecule has 12 heavy (non-hydrogen) atoms. The lowest BCUT2D eigenvalue weighted by molar-refractivity contribution is -0.137. The summed E-state index contributed by atoms with van der Waals surface area (Å²) in [6, 6.07) is 5.59. The zero-order valence-corrected chi connectivity index (χ0v) is 7.50. The van der Waals surface area contributed by atoms with Gasteiger partial charge in [0.15, 0.2) is 5.75 Å². The van der Waals surface area contributed by atoms with Crippen LogP contribution in [0.3, 0.4) is 0 Å². The highest BCUT2D eigenvalue weighted by Gasteiger charge is 1.99. The van der Waals surface area contributed by atoms with Crippen molar-refractivity contribution in [3.8, 4) is 5.75 Å². The number of rotatable bonds is 3. The number of benzene rings is 1. The van der Waals surface area contributed by atoms with Crippen molar-refractivity contribution in [2.75, 3.05) is 0 Å². The fourth-order valence-electron chi connectivity index (χ4n) is 1.24. The summed E-state index contributed by atoms with van der Waals surface area (Å²) in [6.07, 6.45) is 2.14. The first-order valence-electron chi connectivity index (χ1n) is 4.19. The van der Waals surface area contributed by atoms with Crippen LogP contribution in [0.15, 0.2) is 18.2 Å². The topological polar surface area (TPSA) is 29.5 Å². The summed E-state index contributed by atoms with van der Waals surface area (Å²) < 4.78 is 0. The van der Waals surface area contributed by atoms with Crippen molar-refractivity contribution in [1.29, 1.82) is 0 Å². The van der Waals surface area contributed by atoms with E-state index in [0.717, 1.165) is 12.8 Å². The molecule has 0 amide bonds. The molecule has 1 aromatic carbocycles. The fraction of sp³-hybridized carbons (Fsp3) is 0.400. The maximum Gasteiger partial charge on any atom is 0.165 e. The van der Waals surface area contributed by atoms with Crippen molar-refractivity contribution in [3.05, 3.63) is 29.3 Å². The summed E-state index contributed by atoms with van der Waals surface area (Å²) in [5.41, 5.74) is 2.49. The molecule has 1 rings (SSSR count). The molecule has 0 radical (unpaired) electrons. The molecular formula is C10H14O2. The van der Waals surface area contributed by atoms with E-state index in [-0.39, 0.29) is 0 Å². The van der Waals surface area contributed by atoms with E-state index in [2.05, 4.69) is 18.7 Å². The van der Waals surface area contributed by atoms with Crippen molar-refractivity contribution in [1.82, 2.24) is 0 Å². The Morgan fingerprint density at radius 2 is 2.17 bits per heavy atom. The predicted molar refractivity (Wildman–Crippen MR) is 48.4 cm³/mol. The molecule has 0 aliphatic carbocycles. The molecular weight excluding hydrogens is 152 g/mol. The molecule has 0 saturated heterocycles. The van der Waals surface area contributed by atoms with Crippen LogP contribution in [-0.2, 0) is 6.42 Å². The Hall–Kier alpha value is -1.02. The van der Waals surface area contributed by atoms with Crippen LogP contribution in [0.4, 0.5) is 0 Å². The second kappa shape index (κ2) is 4.12. The molecule has 1 N–H and O–H groups in total. The van der Waals surface area contributed by atoms with Gasteiger partial charge in [-0.15, -0.1) is 0 Å². The molecule has 0 saturated carbocycles. The van der Waals surface area contributed by atoms with E-state index in [9.17, 15) is 0 Å². The number of hydrogen-bond donors (Lipinski definition) is 1. The Balaban J connectivity index is 2.91. The van der Waals surface area contributed by atoms with Gasteiger partial charge in [-0.3, -0.25) is 0 Å². The lowest BCUT2D eigenvalue weighted by Gasteiger charge is -2.05. The third kappa shape index (κ3) is 1.98. The van der Waals surface area contributed by atoms with Crippen LogP contribution in [0.1, 0.15) is 24.5 Å². The van der Waals surface area contributed by atoms with E-state index in [1.807, 2.05) is 12.1 Å². The Labute approximate surface area is 72.7 Å². The molecule has 0 atom stereocenters. The average molecular weight is 166 g/mol. The van der Waals surface area contributed by atoms with Gasteiger partial charge in [0.25, 0.3) is 0 Å². The average Bonchev–Trinajstić information content (AvgIpc) is 2.09. The van der Waals surface area contributed by atoms with Crippen LogP contribution < -0.4 is 4.89 Å². The highest BCUT2D eigenvalue weighted by Crippen LogP contribution is 2.17. The van der Waals surface area contributed by atoms with Crippen LogP contribution in [0.2, 0.25) is 0 Å². The first-order chi connectivity index (χ1) is 5.77. The van der Waals surface area contributed by atoms with E-state index in [1.54, 1.807) is 6.07 Å². The van der Waals surface area contributed by atoms with Crippen LogP contribution in [0, 0.1) is 6.92 Å². The third-order valence-corrected chi connectivity index (χ3v) is 1.95. The van der Waals surface area contributed by atoms with E-state index in [0.29, 0.717) is 5.75 Å². The SMILES string of the molecule is CCCc1cc(OO)ccc1C. The maximum absolute atomic E-state index is 8.42. The zero-order chi connectivity index (χ0) is 8.97. The van der Waals surface area contributed by atoms with Gasteiger partial charge in [-0.1, -0.05) is 19.4 Å². The van der Waals surface area contributed by atoms with Gasteiger partial charge in [-0.2, -0.15) is 0 Å². The van der Waals surface area contributed by atoms with Gasteiger partial charge in [0, 0.05) is 0 Å². The number of aryl methyl sites for hydroxylation is 2. The van der Waals surface area contributed by atoms with Crippen LogP contribution >= 0.6 is 0 Å². The summed E-state index contributed by atoms with van der Waals surface area (Å²) in [5, 5.41) is 8.42. The van der Waals surface area contributed by atoms with Gasteiger partial charge in [-0.05, 0) is 36.6 Å². The van der Waals surface area contributed by atoms with Gasteiger partial charge in [0.2, 0.25) is 0 Å². The maximum atomic E-state index is 8.42. The lowest BCUT2D eigenvalue weighted by atomic mass is 10.0. The van der Waals surface area contributed by atoms with Gasteiger partial charge >= 0.3 is 0 Å². The van der Waals surface area contributed by atoms with Crippen LogP contribution in [0.5, 0.6) is 5.75 Å². The standard InChI is InChI=1S/C10H14O2/c1-3-4-9-7-10(12-11)6-5-8(9)2/h5-7,11H,3-4H2,1-2H3. The molecule has 0 spiro atoms. The van der Waals surface area contributed by atoms with Gasteiger partial charge in [0.1, 0.15) is 0 Å². The lowest BCUT2D eigenvalue weighted by Crippen LogP contribution is -1.91. The van der Waals surface area contributed by atoms with Crippen molar-refractivity contribution in [2.24, 2.45) is 0 Å². The first-order valence-corrected chi connectivity index (χ1v) is 4.19. The zero-order valence-electron chi connectivity index (χ0n) is 7.50. The van der Waals surface area contributed by atoms with Crippen molar-refractivity contribution in [3.63, 3.8) is 0 Å². The Morgan fingerprint density at radius 1 is 1.42 bits per heavy atom. The van der Waals surface area contributed by atoms with E-state index in [1.165, 1.54) is 11.1 Å². The minimum Gasteiger partial charge on any atom is -0.340 e. The Kier molecular flexibility index (Phi) is 3.11. The number of hydrogen-bond acceptors (Lipinski definition) is 2. The molecule has 0 aliphatic rings. The fourth-order valence-corrected chi connectivity index (χ4v) is 1.24. The molecule has 2 nitrogen and oxygen atoms in total. The molecule has 0 aliphatic heterocycles. The molecule has 0 fully saturated rings. The summed E-state index contributed by atoms with van der Waals surface area (Å²) in [5.74, 6) is 0.518. The summed E-state index contributed by atoms with van der Waals surface area (Å²) >= 11 is 0. The smallest absolute Gasteiger partial charge is 0.165 e. The highest BCUT2D eigenvalue weighted by molar-refractivity contribution is 5.34.